The van der Waals surface area contributed by atoms with Gasteiger partial charge in [0.05, 0.1) is 9.93 Å². The van der Waals surface area contributed by atoms with Crippen molar-refractivity contribution in [1.29, 1.82) is 0 Å². The maximum Gasteiger partial charge on any atom is 0.281 e. The number of carbonyl (C=O) groups excluding carboxylic acids is 1. The van der Waals surface area contributed by atoms with Crippen LogP contribution in [0, 0.1) is 0 Å². The zero-order valence-electron chi connectivity index (χ0n) is 13.1. The molecule has 1 saturated heterocycles. The van der Waals surface area contributed by atoms with E-state index in [0.29, 0.717) is 4.91 Å². The SMILES string of the molecule is O=C1/C(=C\c2ccc(Br)c(Br)c2)SC(=S)N1NS(=O)(=O)c1ccccc1Cl. The summed E-state index contributed by atoms with van der Waals surface area (Å²) >= 11 is 18.9. The van der Waals surface area contributed by atoms with E-state index < -0.39 is 15.9 Å². The van der Waals surface area contributed by atoms with Crippen LogP contribution >= 0.6 is 67.4 Å². The number of hydrogen-bond donors (Lipinski definition) is 1. The van der Waals surface area contributed by atoms with Gasteiger partial charge in [-0.2, -0.15) is 0 Å². The third-order valence-corrected chi connectivity index (χ3v) is 8.35. The zero-order valence-corrected chi connectivity index (χ0v) is 19.5. The molecule has 0 radical (unpaired) electrons. The summed E-state index contributed by atoms with van der Waals surface area (Å²) < 4.78 is 26.9. The highest BCUT2D eigenvalue weighted by atomic mass is 79.9. The fourth-order valence-corrected chi connectivity index (χ4v) is 5.61. The zero-order chi connectivity index (χ0) is 19.8. The summed E-state index contributed by atoms with van der Waals surface area (Å²) in [4.78, 5) is 15.0. The van der Waals surface area contributed by atoms with Crippen molar-refractivity contribution in [3.63, 3.8) is 0 Å². The van der Waals surface area contributed by atoms with Crippen LogP contribution in [0.25, 0.3) is 6.08 Å². The molecule has 0 unspecified atom stereocenters. The van der Waals surface area contributed by atoms with E-state index in [-0.39, 0.29) is 14.2 Å². The fraction of sp³-hybridized carbons (Fsp3) is 0. The Labute approximate surface area is 187 Å². The van der Waals surface area contributed by atoms with Gasteiger partial charge >= 0.3 is 0 Å². The van der Waals surface area contributed by atoms with Gasteiger partial charge in [0.15, 0.2) is 4.32 Å². The number of sulfonamides is 1. The maximum absolute atomic E-state index is 12.6. The van der Waals surface area contributed by atoms with E-state index in [9.17, 15) is 13.2 Å². The second kappa shape index (κ2) is 8.32. The van der Waals surface area contributed by atoms with Gasteiger partial charge in [-0.3, -0.25) is 4.79 Å². The molecule has 0 spiro atoms. The minimum atomic E-state index is -4.07. The van der Waals surface area contributed by atoms with Crippen LogP contribution in [0.2, 0.25) is 5.02 Å². The Morgan fingerprint density at radius 2 is 1.85 bits per heavy atom. The molecule has 0 aromatic heterocycles. The largest absolute Gasteiger partial charge is 0.281 e. The summed E-state index contributed by atoms with van der Waals surface area (Å²) in [7, 11) is -4.07. The monoisotopic (exact) mass is 566 g/mol. The number of thioether (sulfide) groups is 1. The third kappa shape index (κ3) is 4.64. The highest BCUT2D eigenvalue weighted by Crippen LogP contribution is 2.33. The van der Waals surface area contributed by atoms with Crippen LogP contribution in [0.3, 0.4) is 0 Å². The minimum Gasteiger partial charge on any atom is -0.267 e. The van der Waals surface area contributed by atoms with E-state index in [1.165, 1.54) is 18.2 Å². The number of halogens is 3. The first kappa shape index (κ1) is 21.0. The highest BCUT2D eigenvalue weighted by molar-refractivity contribution is 9.13. The first-order valence-corrected chi connectivity index (χ1v) is 11.9. The van der Waals surface area contributed by atoms with E-state index in [2.05, 4.69) is 36.7 Å². The Morgan fingerprint density at radius 1 is 1.15 bits per heavy atom. The lowest BCUT2D eigenvalue weighted by Gasteiger charge is -2.16. The molecule has 27 heavy (non-hydrogen) atoms. The molecule has 1 amide bonds. The Balaban J connectivity index is 1.87. The van der Waals surface area contributed by atoms with Gasteiger partial charge in [-0.15, -0.1) is 4.83 Å². The summed E-state index contributed by atoms with van der Waals surface area (Å²) in [5.74, 6) is -0.556. The van der Waals surface area contributed by atoms with Crippen molar-refractivity contribution >= 4 is 93.8 Å². The lowest BCUT2D eigenvalue weighted by atomic mass is 10.2. The summed E-state index contributed by atoms with van der Waals surface area (Å²) in [5, 5.41) is 0.879. The van der Waals surface area contributed by atoms with Crippen LogP contribution < -0.4 is 4.83 Å². The third-order valence-electron chi connectivity index (χ3n) is 3.37. The van der Waals surface area contributed by atoms with Gasteiger partial charge in [0.25, 0.3) is 15.9 Å². The van der Waals surface area contributed by atoms with Gasteiger partial charge in [0, 0.05) is 8.95 Å². The van der Waals surface area contributed by atoms with E-state index in [1.807, 2.05) is 18.2 Å². The molecule has 1 aliphatic heterocycles. The summed E-state index contributed by atoms with van der Waals surface area (Å²) in [6, 6.07) is 11.4. The maximum atomic E-state index is 12.6. The second-order valence-corrected chi connectivity index (χ2v) is 10.6. The van der Waals surface area contributed by atoms with E-state index in [0.717, 1.165) is 31.3 Å². The molecule has 11 heteroatoms. The summed E-state index contributed by atoms with van der Waals surface area (Å²) in [6.07, 6.45) is 1.64. The van der Waals surface area contributed by atoms with Gasteiger partial charge in [0.1, 0.15) is 4.90 Å². The van der Waals surface area contributed by atoms with Crippen molar-refractivity contribution in [3.05, 3.63) is 66.9 Å². The number of hydrazine groups is 1. The molecule has 0 bridgehead atoms. The summed E-state index contributed by atoms with van der Waals surface area (Å²) in [6.45, 7) is 0. The molecule has 1 heterocycles. The predicted octanol–water partition coefficient (Wildman–Crippen LogP) is 4.96. The van der Waals surface area contributed by atoms with Crippen molar-refractivity contribution in [2.45, 2.75) is 4.90 Å². The quantitative estimate of drug-likeness (QED) is 0.417. The van der Waals surface area contributed by atoms with Crippen molar-refractivity contribution < 1.29 is 13.2 Å². The first-order chi connectivity index (χ1) is 12.7. The standard InChI is InChI=1S/C16H9Br2ClN2O3S3/c17-10-6-5-9(7-11(10)18)8-13-15(22)21(16(25)26-13)20-27(23,24)14-4-2-1-3-12(14)19/h1-8,20H/b13-8+. The molecular formula is C16H9Br2ClN2O3S3. The molecule has 0 aliphatic carbocycles. The molecule has 1 N–H and O–H groups in total. The number of thiocarbonyl (C=S) groups is 1. The molecule has 2 aromatic carbocycles. The Bertz CT molecular complexity index is 1090. The van der Waals surface area contributed by atoms with Gasteiger partial charge in [-0.25, -0.2) is 13.4 Å². The average molecular weight is 569 g/mol. The number of carbonyl (C=O) groups is 1. The number of hydrogen-bond acceptors (Lipinski definition) is 5. The molecule has 2 aromatic rings. The topological polar surface area (TPSA) is 66.5 Å². The number of nitrogens with zero attached hydrogens (tertiary/aromatic N) is 1. The normalized spacial score (nSPS) is 16.4. The Kier molecular flexibility index (Phi) is 6.46. The van der Waals surface area contributed by atoms with E-state index >= 15 is 0 Å². The van der Waals surface area contributed by atoms with Crippen LogP contribution in [0.1, 0.15) is 5.56 Å². The van der Waals surface area contributed by atoms with Crippen LogP contribution in [-0.2, 0) is 14.8 Å². The van der Waals surface area contributed by atoms with Crippen molar-refractivity contribution in [1.82, 2.24) is 9.84 Å². The van der Waals surface area contributed by atoms with E-state index in [4.69, 9.17) is 23.8 Å². The Morgan fingerprint density at radius 3 is 2.52 bits per heavy atom. The van der Waals surface area contributed by atoms with Crippen molar-refractivity contribution in [2.24, 2.45) is 0 Å². The Hall–Kier alpha value is -0.750. The highest BCUT2D eigenvalue weighted by Gasteiger charge is 2.36. The number of nitrogens with one attached hydrogen (secondary N) is 1. The van der Waals surface area contributed by atoms with Gasteiger partial charge < -0.3 is 0 Å². The smallest absolute Gasteiger partial charge is 0.267 e. The molecule has 0 saturated carbocycles. The molecule has 5 nitrogen and oxygen atoms in total. The first-order valence-electron chi connectivity index (χ1n) is 7.19. The van der Waals surface area contributed by atoms with E-state index in [1.54, 1.807) is 12.1 Å². The molecule has 0 atom stereocenters. The lowest BCUT2D eigenvalue weighted by Crippen LogP contribution is -2.44. The van der Waals surface area contributed by atoms with Gasteiger partial charge in [-0.1, -0.05) is 53.8 Å². The molecule has 3 rings (SSSR count). The number of rotatable bonds is 4. The lowest BCUT2D eigenvalue weighted by molar-refractivity contribution is -0.123. The van der Waals surface area contributed by atoms with Crippen LogP contribution in [-0.4, -0.2) is 23.7 Å². The molecule has 140 valence electrons. The molecular weight excluding hydrogens is 560 g/mol. The second-order valence-electron chi connectivity index (χ2n) is 5.22. The summed E-state index contributed by atoms with van der Waals surface area (Å²) in [5.41, 5.74) is 0.763. The predicted molar refractivity (Wildman–Crippen MR) is 119 cm³/mol. The number of amides is 1. The fourth-order valence-electron chi connectivity index (χ4n) is 2.13. The van der Waals surface area contributed by atoms with Crippen molar-refractivity contribution in [2.75, 3.05) is 0 Å². The van der Waals surface area contributed by atoms with Gasteiger partial charge in [-0.05, 0) is 67.8 Å². The van der Waals surface area contributed by atoms with Crippen LogP contribution in [0.15, 0.2) is 61.2 Å². The molecule has 1 fully saturated rings. The van der Waals surface area contributed by atoms with Crippen LogP contribution in [0.5, 0.6) is 0 Å². The van der Waals surface area contributed by atoms with Crippen molar-refractivity contribution in [3.8, 4) is 0 Å². The molecule has 1 aliphatic rings. The average Bonchev–Trinajstić information content (AvgIpc) is 2.85. The van der Waals surface area contributed by atoms with Gasteiger partial charge in [0.2, 0.25) is 0 Å². The van der Waals surface area contributed by atoms with Crippen LogP contribution in [0.4, 0.5) is 0 Å². The minimum absolute atomic E-state index is 0.0469. The number of benzene rings is 2.